The average molecular weight is 263 g/mol. The Morgan fingerprint density at radius 1 is 1.33 bits per heavy atom. The van der Waals surface area contributed by atoms with Crippen molar-refractivity contribution in [3.8, 4) is 5.75 Å². The second-order valence-electron chi connectivity index (χ2n) is 4.67. The average Bonchev–Trinajstić information content (AvgIpc) is 2.81. The third-order valence-corrected chi connectivity index (χ3v) is 3.96. The van der Waals surface area contributed by atoms with Gasteiger partial charge in [-0.1, -0.05) is 12.1 Å². The molecule has 4 heteroatoms. The highest BCUT2D eigenvalue weighted by atomic mass is 35.5. The molecule has 1 aliphatic rings. The van der Waals surface area contributed by atoms with E-state index in [9.17, 15) is 5.11 Å². The highest BCUT2D eigenvalue weighted by Crippen LogP contribution is 2.42. The van der Waals surface area contributed by atoms with Crippen molar-refractivity contribution in [2.45, 2.75) is 12.5 Å². The van der Waals surface area contributed by atoms with Crippen LogP contribution in [-0.4, -0.2) is 17.5 Å². The van der Waals surface area contributed by atoms with Crippen LogP contribution in [0.2, 0.25) is 0 Å². The van der Waals surface area contributed by atoms with Gasteiger partial charge in [-0.25, -0.2) is 0 Å². The van der Waals surface area contributed by atoms with Crippen LogP contribution in [0.25, 0.3) is 10.8 Å². The maximum Gasteiger partial charge on any atom is 0.125 e. The smallest absolute Gasteiger partial charge is 0.125 e. The van der Waals surface area contributed by atoms with Gasteiger partial charge < -0.3 is 16.2 Å². The number of anilines is 1. The molecule has 0 amide bonds. The Balaban J connectivity index is 2.34. The summed E-state index contributed by atoms with van der Waals surface area (Å²) in [6.07, 6.45) is 0. The molecule has 18 heavy (non-hydrogen) atoms. The van der Waals surface area contributed by atoms with E-state index in [0.717, 1.165) is 28.6 Å². The van der Waals surface area contributed by atoms with Crippen molar-refractivity contribution in [2.75, 3.05) is 17.7 Å². The third kappa shape index (κ3) is 1.62. The van der Waals surface area contributed by atoms with Crippen molar-refractivity contribution in [3.63, 3.8) is 0 Å². The summed E-state index contributed by atoms with van der Waals surface area (Å²) in [6.45, 7) is 1.32. The summed E-state index contributed by atoms with van der Waals surface area (Å²) in [5.41, 5.74) is 8.94. The molecular formula is C14H15ClN2O. The third-order valence-electron chi connectivity index (χ3n) is 3.59. The fourth-order valence-electron chi connectivity index (χ4n) is 2.65. The molecule has 4 N–H and O–H groups in total. The summed E-state index contributed by atoms with van der Waals surface area (Å²) in [7, 11) is 0. The SMILES string of the molecule is NCc1ccc2c(O)cc3c(c2c1)C(CCl)CN3. The van der Waals surface area contributed by atoms with Crippen molar-refractivity contribution in [3.05, 3.63) is 35.4 Å². The molecule has 1 unspecified atom stereocenters. The molecule has 2 aromatic carbocycles. The Labute approximate surface area is 111 Å². The van der Waals surface area contributed by atoms with Gasteiger partial charge in [0.1, 0.15) is 5.75 Å². The molecule has 1 aliphatic heterocycles. The zero-order valence-electron chi connectivity index (χ0n) is 9.91. The van der Waals surface area contributed by atoms with E-state index in [1.165, 1.54) is 5.56 Å². The molecule has 0 radical (unpaired) electrons. The van der Waals surface area contributed by atoms with E-state index in [1.807, 2.05) is 12.1 Å². The summed E-state index contributed by atoms with van der Waals surface area (Å²) in [5.74, 6) is 1.17. The molecule has 0 aliphatic carbocycles. The fourth-order valence-corrected chi connectivity index (χ4v) is 2.92. The van der Waals surface area contributed by atoms with E-state index >= 15 is 0 Å². The van der Waals surface area contributed by atoms with Crippen LogP contribution in [0.4, 0.5) is 5.69 Å². The number of alkyl halides is 1. The molecule has 0 saturated carbocycles. The standard InChI is InChI=1S/C14H15ClN2O/c15-5-9-7-17-12-4-13(18)10-2-1-8(6-16)3-11(10)14(9)12/h1-4,9,17-18H,5-7,16H2. The number of phenols is 1. The summed E-state index contributed by atoms with van der Waals surface area (Å²) >= 11 is 6.02. The zero-order chi connectivity index (χ0) is 12.7. The Morgan fingerprint density at radius 2 is 2.17 bits per heavy atom. The normalized spacial score (nSPS) is 17.8. The first-order valence-corrected chi connectivity index (χ1v) is 6.56. The number of rotatable bonds is 2. The number of nitrogens with two attached hydrogens (primary N) is 1. The largest absolute Gasteiger partial charge is 0.507 e. The van der Waals surface area contributed by atoms with Gasteiger partial charge in [0, 0.05) is 42.0 Å². The predicted molar refractivity (Wildman–Crippen MR) is 75.5 cm³/mol. The lowest BCUT2D eigenvalue weighted by Crippen LogP contribution is -2.03. The fraction of sp³-hybridized carbons (Fsp3) is 0.286. The van der Waals surface area contributed by atoms with Crippen LogP contribution in [0.3, 0.4) is 0 Å². The van der Waals surface area contributed by atoms with Crippen LogP contribution in [0.1, 0.15) is 17.0 Å². The Morgan fingerprint density at radius 3 is 2.89 bits per heavy atom. The first-order chi connectivity index (χ1) is 8.74. The van der Waals surface area contributed by atoms with Gasteiger partial charge in [0.15, 0.2) is 0 Å². The van der Waals surface area contributed by atoms with E-state index in [0.29, 0.717) is 18.2 Å². The highest BCUT2D eigenvalue weighted by Gasteiger charge is 2.25. The summed E-state index contributed by atoms with van der Waals surface area (Å²) in [4.78, 5) is 0. The molecule has 0 saturated heterocycles. The molecule has 0 fully saturated rings. The topological polar surface area (TPSA) is 58.3 Å². The van der Waals surface area contributed by atoms with Gasteiger partial charge in [-0.2, -0.15) is 0 Å². The highest BCUT2D eigenvalue weighted by molar-refractivity contribution is 6.18. The quantitative estimate of drug-likeness (QED) is 0.730. The first kappa shape index (κ1) is 11.6. The lowest BCUT2D eigenvalue weighted by molar-refractivity contribution is 0.482. The molecule has 0 aromatic heterocycles. The Hall–Kier alpha value is -1.45. The number of halogens is 1. The van der Waals surface area contributed by atoms with Gasteiger partial charge in [-0.05, 0) is 22.6 Å². The molecule has 3 nitrogen and oxygen atoms in total. The van der Waals surface area contributed by atoms with Gasteiger partial charge in [0.2, 0.25) is 0 Å². The number of aromatic hydroxyl groups is 1. The monoisotopic (exact) mass is 262 g/mol. The van der Waals surface area contributed by atoms with Crippen molar-refractivity contribution in [1.82, 2.24) is 0 Å². The van der Waals surface area contributed by atoms with Crippen LogP contribution in [0.5, 0.6) is 5.75 Å². The molecule has 1 heterocycles. The minimum atomic E-state index is 0.290. The maximum absolute atomic E-state index is 10.1. The van der Waals surface area contributed by atoms with Gasteiger partial charge in [-0.3, -0.25) is 0 Å². The van der Waals surface area contributed by atoms with Crippen molar-refractivity contribution < 1.29 is 5.11 Å². The molecular weight excluding hydrogens is 248 g/mol. The minimum Gasteiger partial charge on any atom is -0.507 e. The van der Waals surface area contributed by atoms with Crippen molar-refractivity contribution in [1.29, 1.82) is 0 Å². The summed E-state index contributed by atoms with van der Waals surface area (Å²) in [5, 5.41) is 15.3. The van der Waals surface area contributed by atoms with E-state index < -0.39 is 0 Å². The van der Waals surface area contributed by atoms with Crippen LogP contribution >= 0.6 is 11.6 Å². The van der Waals surface area contributed by atoms with E-state index in [-0.39, 0.29) is 5.92 Å². The molecule has 94 valence electrons. The number of benzene rings is 2. The number of nitrogens with one attached hydrogen (secondary N) is 1. The lowest BCUT2D eigenvalue weighted by atomic mass is 9.94. The number of phenolic OH excluding ortho intramolecular Hbond substituents is 1. The van der Waals surface area contributed by atoms with Crippen LogP contribution in [0.15, 0.2) is 24.3 Å². The second-order valence-corrected chi connectivity index (χ2v) is 4.98. The lowest BCUT2D eigenvalue weighted by Gasteiger charge is -2.12. The van der Waals surface area contributed by atoms with Gasteiger partial charge in [0.05, 0.1) is 0 Å². The molecule has 1 atom stereocenters. The Bertz CT molecular complexity index is 612. The predicted octanol–water partition coefficient (Wildman–Crippen LogP) is 2.75. The summed E-state index contributed by atoms with van der Waals surface area (Å²) < 4.78 is 0. The van der Waals surface area contributed by atoms with Gasteiger partial charge in [0.25, 0.3) is 0 Å². The van der Waals surface area contributed by atoms with Crippen LogP contribution in [0, 0.1) is 0 Å². The number of hydrogen-bond donors (Lipinski definition) is 3. The Kier molecular flexibility index (Phi) is 2.80. The number of fused-ring (bicyclic) bond motifs is 3. The zero-order valence-corrected chi connectivity index (χ0v) is 10.7. The first-order valence-electron chi connectivity index (χ1n) is 6.03. The van der Waals surface area contributed by atoms with Crippen molar-refractivity contribution >= 4 is 28.1 Å². The molecule has 0 spiro atoms. The van der Waals surface area contributed by atoms with E-state index in [1.54, 1.807) is 6.07 Å². The van der Waals surface area contributed by atoms with Gasteiger partial charge >= 0.3 is 0 Å². The van der Waals surface area contributed by atoms with Crippen molar-refractivity contribution in [2.24, 2.45) is 5.73 Å². The van der Waals surface area contributed by atoms with Crippen LogP contribution in [-0.2, 0) is 6.54 Å². The maximum atomic E-state index is 10.1. The molecule has 2 aromatic rings. The van der Waals surface area contributed by atoms with Crippen LogP contribution < -0.4 is 11.1 Å². The summed E-state index contributed by atoms with van der Waals surface area (Å²) in [6, 6.07) is 7.72. The second kappa shape index (κ2) is 4.34. The minimum absolute atomic E-state index is 0.290. The van der Waals surface area contributed by atoms with E-state index in [2.05, 4.69) is 11.4 Å². The molecule has 0 bridgehead atoms. The number of hydrogen-bond acceptors (Lipinski definition) is 3. The van der Waals surface area contributed by atoms with Gasteiger partial charge in [-0.15, -0.1) is 11.6 Å². The van der Waals surface area contributed by atoms with E-state index in [4.69, 9.17) is 17.3 Å². The molecule has 3 rings (SSSR count).